The van der Waals surface area contributed by atoms with Crippen LogP contribution in [0.25, 0.3) is 0 Å². The number of carboxylic acid groups (broad SMARTS) is 2. The topological polar surface area (TPSA) is 86.7 Å². The first-order valence-corrected chi connectivity index (χ1v) is 18.8. The number of amides is 2. The normalized spacial score (nSPS) is 11.1. The Balaban J connectivity index is -0.000000767. The molecule has 0 spiro atoms. The summed E-state index contributed by atoms with van der Waals surface area (Å²) in [6.07, 6.45) is 21.4. The summed E-state index contributed by atoms with van der Waals surface area (Å²) in [5, 5.41) is 22.3. The maximum absolute atomic E-state index is 11.1. The summed E-state index contributed by atoms with van der Waals surface area (Å²) >= 11 is 0. The van der Waals surface area contributed by atoms with Crippen LogP contribution in [-0.2, 0) is 16.5 Å². The molecule has 272 valence electrons. The van der Waals surface area contributed by atoms with Gasteiger partial charge in [0.15, 0.2) is 0 Å². The SMILES string of the molecule is CC(C)CCCCCCN(CCCCCCC(C)C)C(=O)[O-].CC(C)CCCCCCN(CCCCCCC(C)C)C(=O)[O-].[Ni+2]. The van der Waals surface area contributed by atoms with Crippen molar-refractivity contribution in [2.24, 2.45) is 23.7 Å². The molecular weight excluding hydrogens is 607 g/mol. The first-order chi connectivity index (χ1) is 20.9. The molecule has 0 aliphatic heterocycles. The van der Waals surface area contributed by atoms with Crippen molar-refractivity contribution in [3.8, 4) is 0 Å². The molecule has 0 fully saturated rings. The Kier molecular flexibility index (Phi) is 37.0. The zero-order valence-electron chi connectivity index (χ0n) is 31.1. The molecule has 0 unspecified atom stereocenters. The number of hydrogen-bond donors (Lipinski definition) is 0. The van der Waals surface area contributed by atoms with E-state index in [9.17, 15) is 19.8 Å². The van der Waals surface area contributed by atoms with Crippen molar-refractivity contribution in [2.75, 3.05) is 26.2 Å². The number of carbonyl (C=O) groups excluding carboxylic acids is 2. The fraction of sp³-hybridized carbons (Fsp3) is 0.947. The standard InChI is InChI=1S/2C19H39NO2.Ni/c2*1-17(2)13-9-5-7-11-15-20(19(21)22)16-12-8-6-10-14-18(3)4;/h2*17-18H,5-16H2,1-4H3,(H,21,22);/q;;+2/p-2. The molecule has 0 rings (SSSR count). The molecule has 0 aromatic carbocycles. The minimum absolute atomic E-state index is 0. The van der Waals surface area contributed by atoms with E-state index in [4.69, 9.17) is 0 Å². The van der Waals surface area contributed by atoms with Gasteiger partial charge in [0.05, 0.1) is 0 Å². The van der Waals surface area contributed by atoms with Crippen molar-refractivity contribution in [3.05, 3.63) is 0 Å². The average Bonchev–Trinajstić information content (AvgIpc) is 2.93. The van der Waals surface area contributed by atoms with Gasteiger partial charge in [-0.05, 0) is 49.4 Å². The predicted molar refractivity (Wildman–Crippen MR) is 186 cm³/mol. The van der Waals surface area contributed by atoms with Crippen LogP contribution in [0.1, 0.15) is 184 Å². The molecule has 45 heavy (non-hydrogen) atoms. The molecule has 0 N–H and O–H groups in total. The molecule has 0 heterocycles. The van der Waals surface area contributed by atoms with Crippen LogP contribution in [0.2, 0.25) is 0 Å². The second kappa shape index (κ2) is 34.4. The average molecular weight is 684 g/mol. The molecule has 0 aliphatic carbocycles. The minimum Gasteiger partial charge on any atom is -0.530 e. The van der Waals surface area contributed by atoms with Crippen LogP contribution in [0.4, 0.5) is 9.59 Å². The van der Waals surface area contributed by atoms with E-state index in [2.05, 4.69) is 55.4 Å². The van der Waals surface area contributed by atoms with Crippen molar-refractivity contribution >= 4 is 12.2 Å². The second-order valence-electron chi connectivity index (χ2n) is 14.9. The van der Waals surface area contributed by atoms with Gasteiger partial charge in [-0.2, -0.15) is 0 Å². The Bertz CT molecular complexity index is 549. The molecule has 0 aromatic heterocycles. The summed E-state index contributed by atoms with van der Waals surface area (Å²) in [6, 6.07) is 0. The molecule has 0 saturated carbocycles. The van der Waals surface area contributed by atoms with E-state index in [1.54, 1.807) is 0 Å². The van der Waals surface area contributed by atoms with Gasteiger partial charge in [0.25, 0.3) is 0 Å². The third-order valence-corrected chi connectivity index (χ3v) is 8.35. The van der Waals surface area contributed by atoms with Crippen LogP contribution in [0.3, 0.4) is 0 Å². The van der Waals surface area contributed by atoms with E-state index in [1.807, 2.05) is 0 Å². The third kappa shape index (κ3) is 39.1. The summed E-state index contributed by atoms with van der Waals surface area (Å²) in [5.74, 6) is 3.09. The van der Waals surface area contributed by atoms with E-state index in [0.29, 0.717) is 26.2 Å². The number of nitrogens with zero attached hydrogens (tertiary/aromatic N) is 2. The van der Waals surface area contributed by atoms with E-state index >= 15 is 0 Å². The minimum atomic E-state index is -0.996. The quantitative estimate of drug-likeness (QED) is 0.0607. The Hall–Kier alpha value is -0.966. The summed E-state index contributed by atoms with van der Waals surface area (Å²) in [7, 11) is 0. The smallest absolute Gasteiger partial charge is 0.530 e. The Morgan fingerprint density at radius 1 is 0.378 bits per heavy atom. The third-order valence-electron chi connectivity index (χ3n) is 8.35. The zero-order chi connectivity index (χ0) is 33.6. The zero-order valence-corrected chi connectivity index (χ0v) is 32.1. The van der Waals surface area contributed by atoms with Crippen LogP contribution < -0.4 is 10.2 Å². The second-order valence-corrected chi connectivity index (χ2v) is 14.9. The van der Waals surface area contributed by atoms with Gasteiger partial charge in [0.1, 0.15) is 12.2 Å². The van der Waals surface area contributed by atoms with Crippen LogP contribution in [0, 0.1) is 23.7 Å². The van der Waals surface area contributed by atoms with Crippen LogP contribution >= 0.6 is 0 Å². The first kappa shape index (κ1) is 48.4. The number of rotatable bonds is 28. The van der Waals surface area contributed by atoms with E-state index in [-0.39, 0.29) is 16.5 Å². The molecule has 0 atom stereocenters. The fourth-order valence-electron chi connectivity index (χ4n) is 5.42. The Morgan fingerprint density at radius 3 is 0.711 bits per heavy atom. The first-order valence-electron chi connectivity index (χ1n) is 18.8. The maximum atomic E-state index is 11.1. The monoisotopic (exact) mass is 683 g/mol. The summed E-state index contributed by atoms with van der Waals surface area (Å²) in [6.45, 7) is 20.6. The molecule has 7 heteroatoms. The van der Waals surface area contributed by atoms with Crippen LogP contribution in [0.5, 0.6) is 0 Å². The van der Waals surface area contributed by atoms with Gasteiger partial charge in [-0.25, -0.2) is 0 Å². The number of unbranched alkanes of at least 4 members (excludes halogenated alkanes) is 12. The molecule has 0 aromatic rings. The van der Waals surface area contributed by atoms with Gasteiger partial charge in [-0.1, -0.05) is 158 Å². The summed E-state index contributed by atoms with van der Waals surface area (Å²) in [4.78, 5) is 25.3. The van der Waals surface area contributed by atoms with Gasteiger partial charge in [-0.15, -0.1) is 0 Å². The van der Waals surface area contributed by atoms with Gasteiger partial charge in [-0.3, -0.25) is 0 Å². The van der Waals surface area contributed by atoms with Gasteiger partial charge >= 0.3 is 16.5 Å². The van der Waals surface area contributed by atoms with Crippen LogP contribution in [0.15, 0.2) is 0 Å². The van der Waals surface area contributed by atoms with Gasteiger partial charge in [0.2, 0.25) is 0 Å². The van der Waals surface area contributed by atoms with Crippen molar-refractivity contribution in [1.29, 1.82) is 0 Å². The van der Waals surface area contributed by atoms with Gasteiger partial charge in [0, 0.05) is 26.2 Å². The largest absolute Gasteiger partial charge is 2.00 e. The molecular formula is C38H76N2NiO4. The predicted octanol–water partition coefficient (Wildman–Crippen LogP) is 9.69. The molecule has 0 aliphatic rings. The van der Waals surface area contributed by atoms with Crippen molar-refractivity contribution in [1.82, 2.24) is 9.80 Å². The molecule has 6 nitrogen and oxygen atoms in total. The van der Waals surface area contributed by atoms with E-state index in [0.717, 1.165) is 75.0 Å². The summed E-state index contributed by atoms with van der Waals surface area (Å²) in [5.41, 5.74) is 0. The molecule has 0 bridgehead atoms. The van der Waals surface area contributed by atoms with Crippen molar-refractivity contribution < 1.29 is 36.3 Å². The van der Waals surface area contributed by atoms with E-state index < -0.39 is 12.2 Å². The van der Waals surface area contributed by atoms with Crippen molar-refractivity contribution in [3.63, 3.8) is 0 Å². The summed E-state index contributed by atoms with van der Waals surface area (Å²) < 4.78 is 0. The number of carbonyl (C=O) groups is 2. The fourth-order valence-corrected chi connectivity index (χ4v) is 5.42. The Morgan fingerprint density at radius 2 is 0.556 bits per heavy atom. The van der Waals surface area contributed by atoms with E-state index in [1.165, 1.54) is 86.8 Å². The molecule has 0 saturated heterocycles. The molecule has 2 amide bonds. The maximum Gasteiger partial charge on any atom is 2.00 e. The number of hydrogen-bond acceptors (Lipinski definition) is 4. The molecule has 0 radical (unpaired) electrons. The Labute approximate surface area is 291 Å². The van der Waals surface area contributed by atoms with Crippen molar-refractivity contribution in [2.45, 2.75) is 184 Å². The van der Waals surface area contributed by atoms with Gasteiger partial charge < -0.3 is 29.6 Å². The van der Waals surface area contributed by atoms with Crippen LogP contribution in [-0.4, -0.2) is 48.2 Å².